The number of nitrogens with zero attached hydrogens (tertiary/aromatic N) is 2. The van der Waals surface area contributed by atoms with Crippen LogP contribution in [0.5, 0.6) is 5.88 Å². The first kappa shape index (κ1) is 11.5. The first-order chi connectivity index (χ1) is 8.22. The largest absolute Gasteiger partial charge is 0.480 e. The fourth-order valence-electron chi connectivity index (χ4n) is 1.52. The monoisotopic (exact) mass is 250 g/mol. The summed E-state index contributed by atoms with van der Waals surface area (Å²) in [5, 5.41) is 0.690. The van der Waals surface area contributed by atoms with Crippen molar-refractivity contribution in [3.05, 3.63) is 23.3 Å². The molecule has 0 bridgehead atoms. The van der Waals surface area contributed by atoms with Crippen LogP contribution in [-0.4, -0.2) is 30.2 Å². The number of fused-ring (bicyclic) bond motifs is 1. The molecule has 0 atom stereocenters. The lowest BCUT2D eigenvalue weighted by atomic mass is 10.2. The van der Waals surface area contributed by atoms with Gasteiger partial charge in [0.15, 0.2) is 0 Å². The molecule has 0 amide bonds. The summed E-state index contributed by atoms with van der Waals surface area (Å²) >= 11 is 1.23. The molecule has 17 heavy (non-hydrogen) atoms. The Bertz CT molecular complexity index is 592. The second kappa shape index (κ2) is 4.50. The quantitative estimate of drug-likeness (QED) is 0.781. The van der Waals surface area contributed by atoms with E-state index in [2.05, 4.69) is 16.5 Å². The molecule has 0 aromatic carbocycles. The lowest BCUT2D eigenvalue weighted by molar-refractivity contribution is 0.0606. The summed E-state index contributed by atoms with van der Waals surface area (Å²) in [6, 6.07) is 0. The number of ether oxygens (including phenoxy) is 2. The smallest absolute Gasteiger partial charge is 0.348 e. The SMILES string of the molecule is C=Cc1c(C(=O)OC)sc2ncnc(OC)c12. The molecule has 0 saturated carbocycles. The molecule has 0 spiro atoms. The number of esters is 1. The van der Waals surface area contributed by atoms with Crippen LogP contribution in [0.25, 0.3) is 16.3 Å². The van der Waals surface area contributed by atoms with E-state index in [9.17, 15) is 4.79 Å². The first-order valence-electron chi connectivity index (χ1n) is 4.75. The molecule has 0 fully saturated rings. The molecule has 0 unspecified atom stereocenters. The molecule has 0 aliphatic heterocycles. The summed E-state index contributed by atoms with van der Waals surface area (Å²) in [6.07, 6.45) is 2.97. The Morgan fingerprint density at radius 2 is 2.24 bits per heavy atom. The predicted octanol–water partition coefficient (Wildman–Crippen LogP) is 2.13. The fraction of sp³-hybridized carbons (Fsp3) is 0.182. The maximum absolute atomic E-state index is 11.6. The van der Waals surface area contributed by atoms with Gasteiger partial charge in [0.25, 0.3) is 0 Å². The van der Waals surface area contributed by atoms with Crippen LogP contribution in [0.2, 0.25) is 0 Å². The Hall–Kier alpha value is -1.95. The van der Waals surface area contributed by atoms with Crippen LogP contribution in [0.15, 0.2) is 12.9 Å². The summed E-state index contributed by atoms with van der Waals surface area (Å²) in [7, 11) is 2.85. The van der Waals surface area contributed by atoms with Crippen molar-refractivity contribution >= 4 is 33.6 Å². The van der Waals surface area contributed by atoms with Gasteiger partial charge in [0, 0.05) is 5.56 Å². The van der Waals surface area contributed by atoms with E-state index in [1.807, 2.05) is 0 Å². The van der Waals surface area contributed by atoms with E-state index < -0.39 is 5.97 Å². The highest BCUT2D eigenvalue weighted by molar-refractivity contribution is 7.20. The minimum Gasteiger partial charge on any atom is -0.480 e. The molecule has 2 rings (SSSR count). The number of hydrogen-bond donors (Lipinski definition) is 0. The van der Waals surface area contributed by atoms with Gasteiger partial charge >= 0.3 is 5.97 Å². The average molecular weight is 250 g/mol. The van der Waals surface area contributed by atoms with E-state index in [1.165, 1.54) is 31.9 Å². The van der Waals surface area contributed by atoms with Crippen LogP contribution in [0.3, 0.4) is 0 Å². The van der Waals surface area contributed by atoms with Crippen LogP contribution in [0.1, 0.15) is 15.2 Å². The van der Waals surface area contributed by atoms with Gasteiger partial charge in [-0.2, -0.15) is 0 Å². The summed E-state index contributed by atoms with van der Waals surface area (Å²) in [5.41, 5.74) is 0.648. The van der Waals surface area contributed by atoms with Crippen molar-refractivity contribution < 1.29 is 14.3 Å². The molecule has 0 aliphatic carbocycles. The second-order valence-corrected chi connectivity index (χ2v) is 4.10. The molecule has 5 nitrogen and oxygen atoms in total. The van der Waals surface area contributed by atoms with Crippen molar-refractivity contribution in [1.82, 2.24) is 9.97 Å². The van der Waals surface area contributed by atoms with Crippen molar-refractivity contribution in [3.8, 4) is 5.88 Å². The zero-order chi connectivity index (χ0) is 12.4. The molecular weight excluding hydrogens is 240 g/mol. The van der Waals surface area contributed by atoms with Gasteiger partial charge in [-0.15, -0.1) is 11.3 Å². The van der Waals surface area contributed by atoms with Crippen LogP contribution in [0.4, 0.5) is 0 Å². The molecular formula is C11H10N2O3S. The number of aromatic nitrogens is 2. The molecule has 2 aromatic heterocycles. The van der Waals surface area contributed by atoms with Crippen LogP contribution in [0, 0.1) is 0 Å². The zero-order valence-corrected chi connectivity index (χ0v) is 10.2. The molecule has 6 heteroatoms. The standard InChI is InChI=1S/C11H10N2O3S/c1-4-6-7-9(15-2)12-5-13-10(7)17-8(6)11(14)16-3/h4-5H,1H2,2-3H3. The normalized spacial score (nSPS) is 10.2. The van der Waals surface area contributed by atoms with Crippen LogP contribution < -0.4 is 4.74 Å². The van der Waals surface area contributed by atoms with Crippen LogP contribution in [-0.2, 0) is 4.74 Å². The molecule has 0 radical (unpaired) electrons. The van der Waals surface area contributed by atoms with E-state index in [-0.39, 0.29) is 0 Å². The van der Waals surface area contributed by atoms with Gasteiger partial charge in [-0.25, -0.2) is 14.8 Å². The Labute approximate surface area is 102 Å². The van der Waals surface area contributed by atoms with Gasteiger partial charge in [-0.3, -0.25) is 0 Å². The van der Waals surface area contributed by atoms with Crippen molar-refractivity contribution in [2.45, 2.75) is 0 Å². The Kier molecular flexibility index (Phi) is 3.06. The van der Waals surface area contributed by atoms with Gasteiger partial charge in [0.1, 0.15) is 16.0 Å². The van der Waals surface area contributed by atoms with E-state index in [0.29, 0.717) is 26.5 Å². The highest BCUT2D eigenvalue weighted by Gasteiger charge is 2.20. The first-order valence-corrected chi connectivity index (χ1v) is 5.56. The Balaban J connectivity index is 2.80. The third kappa shape index (κ3) is 1.76. The molecule has 0 N–H and O–H groups in total. The number of hydrogen-bond acceptors (Lipinski definition) is 6. The fourth-order valence-corrected chi connectivity index (χ4v) is 2.58. The minimum atomic E-state index is -0.412. The van der Waals surface area contributed by atoms with Crippen molar-refractivity contribution in [1.29, 1.82) is 0 Å². The maximum Gasteiger partial charge on any atom is 0.348 e. The molecule has 88 valence electrons. The summed E-state index contributed by atoms with van der Waals surface area (Å²) < 4.78 is 9.87. The number of methoxy groups -OCH3 is 2. The van der Waals surface area contributed by atoms with Crippen molar-refractivity contribution in [3.63, 3.8) is 0 Å². The van der Waals surface area contributed by atoms with Gasteiger partial charge in [-0.05, 0) is 0 Å². The van der Waals surface area contributed by atoms with Gasteiger partial charge in [0.2, 0.25) is 5.88 Å². The summed E-state index contributed by atoms with van der Waals surface area (Å²) in [5.74, 6) is 0.0151. The highest BCUT2D eigenvalue weighted by Crippen LogP contribution is 2.35. The molecule has 2 heterocycles. The van der Waals surface area contributed by atoms with E-state index >= 15 is 0 Å². The predicted molar refractivity (Wildman–Crippen MR) is 65.4 cm³/mol. The van der Waals surface area contributed by atoms with E-state index in [1.54, 1.807) is 6.08 Å². The minimum absolute atomic E-state index is 0.412. The van der Waals surface area contributed by atoms with E-state index in [4.69, 9.17) is 9.47 Å². The topological polar surface area (TPSA) is 61.3 Å². The molecule has 2 aromatic rings. The number of carbonyl (C=O) groups excluding carboxylic acids is 1. The zero-order valence-electron chi connectivity index (χ0n) is 9.39. The number of rotatable bonds is 3. The Morgan fingerprint density at radius 1 is 1.47 bits per heavy atom. The lowest BCUT2D eigenvalue weighted by Crippen LogP contribution is -1.99. The van der Waals surface area contributed by atoms with Crippen molar-refractivity contribution in [2.24, 2.45) is 0 Å². The summed E-state index contributed by atoms with van der Waals surface area (Å²) in [6.45, 7) is 3.69. The maximum atomic E-state index is 11.6. The third-order valence-corrected chi connectivity index (χ3v) is 3.35. The van der Waals surface area contributed by atoms with Gasteiger partial charge in [0.05, 0.1) is 19.6 Å². The molecule has 0 saturated heterocycles. The average Bonchev–Trinajstić information content (AvgIpc) is 2.75. The number of carbonyl (C=O) groups is 1. The highest BCUT2D eigenvalue weighted by atomic mass is 32.1. The van der Waals surface area contributed by atoms with E-state index in [0.717, 1.165) is 0 Å². The lowest BCUT2D eigenvalue weighted by Gasteiger charge is -2.00. The second-order valence-electron chi connectivity index (χ2n) is 3.10. The van der Waals surface area contributed by atoms with Crippen LogP contribution >= 0.6 is 11.3 Å². The number of thiophene rings is 1. The summed E-state index contributed by atoms with van der Waals surface area (Å²) in [4.78, 5) is 20.9. The Morgan fingerprint density at radius 3 is 2.82 bits per heavy atom. The van der Waals surface area contributed by atoms with Gasteiger partial charge in [-0.1, -0.05) is 12.7 Å². The third-order valence-electron chi connectivity index (χ3n) is 2.26. The van der Waals surface area contributed by atoms with Gasteiger partial charge < -0.3 is 9.47 Å². The molecule has 0 aliphatic rings. The van der Waals surface area contributed by atoms with Crippen molar-refractivity contribution in [2.75, 3.05) is 14.2 Å².